The van der Waals surface area contributed by atoms with Crippen molar-refractivity contribution in [2.24, 2.45) is 17.8 Å². The number of hydrogen-bond donors (Lipinski definition) is 1. The van der Waals surface area contributed by atoms with Crippen LogP contribution in [0.15, 0.2) is 0 Å². The summed E-state index contributed by atoms with van der Waals surface area (Å²) >= 11 is 0. The van der Waals surface area contributed by atoms with E-state index in [1.807, 2.05) is 0 Å². The normalized spacial score (nSPS) is 38.5. The average Bonchev–Trinajstić information content (AvgIpc) is 2.34. The lowest BCUT2D eigenvalue weighted by Gasteiger charge is -2.22. The van der Waals surface area contributed by atoms with E-state index in [9.17, 15) is 0 Å². The summed E-state index contributed by atoms with van der Waals surface area (Å²) in [6.45, 7) is 7.81. The first-order chi connectivity index (χ1) is 5.66. The van der Waals surface area contributed by atoms with Crippen molar-refractivity contribution in [1.29, 1.82) is 0 Å². The van der Waals surface area contributed by atoms with Crippen LogP contribution >= 0.6 is 0 Å². The zero-order valence-electron chi connectivity index (χ0n) is 8.29. The molecule has 4 atom stereocenters. The van der Waals surface area contributed by atoms with Gasteiger partial charge in [0.15, 0.2) is 0 Å². The lowest BCUT2D eigenvalue weighted by Crippen LogP contribution is -2.24. The van der Waals surface area contributed by atoms with Crippen LogP contribution in [0.2, 0.25) is 0 Å². The van der Waals surface area contributed by atoms with E-state index in [2.05, 4.69) is 20.8 Å². The second-order valence-electron chi connectivity index (χ2n) is 4.12. The summed E-state index contributed by atoms with van der Waals surface area (Å²) < 4.78 is 5.68. The Morgan fingerprint density at radius 1 is 1.50 bits per heavy atom. The van der Waals surface area contributed by atoms with Crippen LogP contribution in [0.5, 0.6) is 0 Å². The second-order valence-corrected chi connectivity index (χ2v) is 4.12. The summed E-state index contributed by atoms with van der Waals surface area (Å²) in [6.07, 6.45) is 1.23. The van der Waals surface area contributed by atoms with Crippen molar-refractivity contribution in [1.82, 2.24) is 0 Å². The van der Waals surface area contributed by atoms with E-state index >= 15 is 0 Å². The van der Waals surface area contributed by atoms with Gasteiger partial charge in [-0.25, -0.2) is 0 Å². The van der Waals surface area contributed by atoms with Gasteiger partial charge in [0, 0.05) is 13.2 Å². The van der Waals surface area contributed by atoms with Crippen molar-refractivity contribution in [3.8, 4) is 0 Å². The molecule has 72 valence electrons. The molecular weight excluding hydrogens is 152 g/mol. The molecule has 1 heterocycles. The number of aliphatic hydroxyl groups excluding tert-OH is 1. The van der Waals surface area contributed by atoms with Gasteiger partial charge in [0.25, 0.3) is 0 Å². The zero-order chi connectivity index (χ0) is 9.14. The predicted octanol–water partition coefficient (Wildman–Crippen LogP) is 1.68. The summed E-state index contributed by atoms with van der Waals surface area (Å²) in [5, 5.41) is 8.79. The van der Waals surface area contributed by atoms with Gasteiger partial charge in [-0.2, -0.15) is 0 Å². The average molecular weight is 172 g/mol. The molecule has 0 spiro atoms. The summed E-state index contributed by atoms with van der Waals surface area (Å²) in [7, 11) is 0. The highest BCUT2D eigenvalue weighted by Gasteiger charge is 2.33. The van der Waals surface area contributed by atoms with Crippen molar-refractivity contribution in [2.45, 2.75) is 33.3 Å². The fraction of sp³-hybridized carbons (Fsp3) is 1.00. The van der Waals surface area contributed by atoms with Crippen LogP contribution < -0.4 is 0 Å². The van der Waals surface area contributed by atoms with Crippen molar-refractivity contribution >= 4 is 0 Å². The molecule has 12 heavy (non-hydrogen) atoms. The van der Waals surface area contributed by atoms with Gasteiger partial charge in [0.2, 0.25) is 0 Å². The molecule has 2 heteroatoms. The van der Waals surface area contributed by atoms with Crippen molar-refractivity contribution in [3.63, 3.8) is 0 Å². The van der Waals surface area contributed by atoms with Crippen LogP contribution in [0.4, 0.5) is 0 Å². The Morgan fingerprint density at radius 3 is 2.58 bits per heavy atom. The Kier molecular flexibility index (Phi) is 3.53. The summed E-state index contributed by atoms with van der Waals surface area (Å²) in [5.74, 6) is 1.82. The third kappa shape index (κ3) is 1.99. The van der Waals surface area contributed by atoms with E-state index in [0.29, 0.717) is 23.9 Å². The number of ether oxygens (including phenoxy) is 1. The minimum absolute atomic E-state index is 0.280. The molecule has 1 saturated heterocycles. The Hall–Kier alpha value is -0.0800. The smallest absolute Gasteiger partial charge is 0.0630 e. The fourth-order valence-corrected chi connectivity index (χ4v) is 1.94. The first kappa shape index (κ1) is 10.0. The van der Waals surface area contributed by atoms with Gasteiger partial charge in [-0.15, -0.1) is 0 Å². The lowest BCUT2D eigenvalue weighted by molar-refractivity contribution is 0.0416. The molecule has 0 aromatic rings. The molecule has 0 aromatic heterocycles. The first-order valence-electron chi connectivity index (χ1n) is 4.89. The molecule has 0 radical (unpaired) electrons. The van der Waals surface area contributed by atoms with Gasteiger partial charge in [-0.3, -0.25) is 0 Å². The third-order valence-electron chi connectivity index (χ3n) is 3.11. The van der Waals surface area contributed by atoms with E-state index in [-0.39, 0.29) is 6.61 Å². The maximum absolute atomic E-state index is 8.79. The number of hydrogen-bond acceptors (Lipinski definition) is 2. The molecule has 4 unspecified atom stereocenters. The standard InChI is InChI=1S/C10H20O2/c1-7(4-5-11)10-9(3)8(2)6-12-10/h7-11H,4-6H2,1-3H3. The minimum Gasteiger partial charge on any atom is -0.396 e. The van der Waals surface area contributed by atoms with Crippen LogP contribution in [0, 0.1) is 17.8 Å². The Bertz CT molecular complexity index is 136. The molecule has 1 rings (SSSR count). The molecule has 1 fully saturated rings. The largest absolute Gasteiger partial charge is 0.396 e. The van der Waals surface area contributed by atoms with Crippen molar-refractivity contribution in [2.75, 3.05) is 13.2 Å². The molecule has 0 amide bonds. The van der Waals surface area contributed by atoms with Crippen LogP contribution in [0.1, 0.15) is 27.2 Å². The van der Waals surface area contributed by atoms with Gasteiger partial charge in [0.05, 0.1) is 6.10 Å². The molecule has 2 nitrogen and oxygen atoms in total. The van der Waals surface area contributed by atoms with Crippen molar-refractivity contribution < 1.29 is 9.84 Å². The Morgan fingerprint density at radius 2 is 2.17 bits per heavy atom. The SMILES string of the molecule is CC1COC(C(C)CCO)C1C. The van der Waals surface area contributed by atoms with Gasteiger partial charge in [0.1, 0.15) is 0 Å². The maximum Gasteiger partial charge on any atom is 0.0630 e. The van der Waals surface area contributed by atoms with Crippen LogP contribution in [0.3, 0.4) is 0 Å². The van der Waals surface area contributed by atoms with E-state index in [1.54, 1.807) is 0 Å². The molecular formula is C10H20O2. The number of aliphatic hydroxyl groups is 1. The topological polar surface area (TPSA) is 29.5 Å². The lowest BCUT2D eigenvalue weighted by atomic mass is 9.86. The monoisotopic (exact) mass is 172 g/mol. The molecule has 1 N–H and O–H groups in total. The van der Waals surface area contributed by atoms with Crippen LogP contribution in [-0.4, -0.2) is 24.4 Å². The van der Waals surface area contributed by atoms with Crippen molar-refractivity contribution in [3.05, 3.63) is 0 Å². The van der Waals surface area contributed by atoms with Gasteiger partial charge in [-0.1, -0.05) is 20.8 Å². The molecule has 1 aliphatic rings. The summed E-state index contributed by atoms with van der Waals surface area (Å²) in [4.78, 5) is 0. The second kappa shape index (κ2) is 4.24. The fourth-order valence-electron chi connectivity index (χ4n) is 1.94. The molecule has 0 bridgehead atoms. The Labute approximate surface area is 74.9 Å². The maximum atomic E-state index is 8.79. The molecule has 1 aliphatic heterocycles. The predicted molar refractivity (Wildman–Crippen MR) is 48.9 cm³/mol. The summed E-state index contributed by atoms with van der Waals surface area (Å²) in [5.41, 5.74) is 0. The molecule has 0 aromatic carbocycles. The number of rotatable bonds is 3. The van der Waals surface area contributed by atoms with E-state index in [1.165, 1.54) is 0 Å². The van der Waals surface area contributed by atoms with E-state index < -0.39 is 0 Å². The summed E-state index contributed by atoms with van der Waals surface area (Å²) in [6, 6.07) is 0. The zero-order valence-corrected chi connectivity index (χ0v) is 8.29. The van der Waals surface area contributed by atoms with Gasteiger partial charge in [-0.05, 0) is 24.2 Å². The van der Waals surface area contributed by atoms with Gasteiger partial charge < -0.3 is 9.84 Å². The quantitative estimate of drug-likeness (QED) is 0.701. The molecule has 0 saturated carbocycles. The minimum atomic E-state index is 0.280. The highest BCUT2D eigenvalue weighted by Crippen LogP contribution is 2.31. The van der Waals surface area contributed by atoms with Gasteiger partial charge >= 0.3 is 0 Å². The molecule has 0 aliphatic carbocycles. The van der Waals surface area contributed by atoms with E-state index in [0.717, 1.165) is 13.0 Å². The first-order valence-corrected chi connectivity index (χ1v) is 4.89. The highest BCUT2D eigenvalue weighted by molar-refractivity contribution is 4.81. The van der Waals surface area contributed by atoms with Crippen LogP contribution in [-0.2, 0) is 4.74 Å². The Balaban J connectivity index is 2.41. The third-order valence-corrected chi connectivity index (χ3v) is 3.11. The highest BCUT2D eigenvalue weighted by atomic mass is 16.5. The van der Waals surface area contributed by atoms with E-state index in [4.69, 9.17) is 9.84 Å². The van der Waals surface area contributed by atoms with Crippen LogP contribution in [0.25, 0.3) is 0 Å².